The maximum absolute atomic E-state index is 13.3. The number of nitrogens with zero attached hydrogens (tertiary/aromatic N) is 1. The van der Waals surface area contributed by atoms with Gasteiger partial charge in [0, 0.05) is 19.5 Å². The summed E-state index contributed by atoms with van der Waals surface area (Å²) >= 11 is 0. The fourth-order valence-electron chi connectivity index (χ4n) is 3.06. The molecule has 150 valence electrons. The third kappa shape index (κ3) is 6.19. The van der Waals surface area contributed by atoms with Crippen LogP contribution in [0.5, 0.6) is 0 Å². The quantitative estimate of drug-likeness (QED) is 0.608. The minimum atomic E-state index is -0.720. The fourth-order valence-corrected chi connectivity index (χ4v) is 3.06. The zero-order chi connectivity index (χ0) is 20.4. The summed E-state index contributed by atoms with van der Waals surface area (Å²) in [6, 6.07) is 14.7. The molecule has 2 amide bonds. The summed E-state index contributed by atoms with van der Waals surface area (Å²) in [6.07, 6.45) is 2.91. The van der Waals surface area contributed by atoms with E-state index in [0.29, 0.717) is 19.4 Å². The maximum Gasteiger partial charge on any atom is 0.247 e. The van der Waals surface area contributed by atoms with E-state index in [2.05, 4.69) is 12.2 Å². The van der Waals surface area contributed by atoms with Gasteiger partial charge in [0.05, 0.1) is 0 Å². The lowest BCUT2D eigenvalue weighted by atomic mass is 10.0. The van der Waals surface area contributed by atoms with Crippen LogP contribution in [-0.2, 0) is 16.1 Å². The number of rotatable bonds is 10. The Morgan fingerprint density at radius 2 is 1.68 bits per heavy atom. The van der Waals surface area contributed by atoms with Crippen molar-refractivity contribution in [1.82, 2.24) is 10.2 Å². The number of nitrogens with one attached hydrogen (secondary N) is 1. The molecule has 0 bridgehead atoms. The van der Waals surface area contributed by atoms with Crippen LogP contribution in [0.4, 0.5) is 4.39 Å². The lowest BCUT2D eigenvalue weighted by molar-refractivity contribution is -0.141. The first-order valence-electron chi connectivity index (χ1n) is 9.93. The first-order chi connectivity index (χ1) is 13.6. The van der Waals surface area contributed by atoms with E-state index < -0.39 is 6.04 Å². The van der Waals surface area contributed by atoms with Gasteiger partial charge in [-0.2, -0.15) is 0 Å². The van der Waals surface area contributed by atoms with Crippen molar-refractivity contribution in [3.05, 3.63) is 71.5 Å². The number of unbranched alkanes of at least 4 members (excludes halogenated alkanes) is 1. The lowest BCUT2D eigenvalue weighted by Gasteiger charge is -2.31. The Morgan fingerprint density at radius 1 is 1.00 bits per heavy atom. The van der Waals surface area contributed by atoms with Crippen LogP contribution in [-0.4, -0.2) is 23.3 Å². The van der Waals surface area contributed by atoms with Crippen LogP contribution in [0.15, 0.2) is 54.6 Å². The van der Waals surface area contributed by atoms with E-state index in [1.165, 1.54) is 12.1 Å². The number of hydrogen-bond acceptors (Lipinski definition) is 2. The third-order valence-electron chi connectivity index (χ3n) is 4.56. The van der Waals surface area contributed by atoms with Crippen molar-refractivity contribution in [2.75, 3.05) is 6.54 Å². The van der Waals surface area contributed by atoms with E-state index >= 15 is 0 Å². The summed E-state index contributed by atoms with van der Waals surface area (Å²) in [5, 5.41) is 2.96. The van der Waals surface area contributed by atoms with Crippen LogP contribution in [0.2, 0.25) is 0 Å². The zero-order valence-corrected chi connectivity index (χ0v) is 16.7. The summed E-state index contributed by atoms with van der Waals surface area (Å²) in [5.74, 6) is -0.607. The standard InChI is InChI=1S/C23H29FN2O2/c1-3-5-16-25-23(28)22(19-10-7-6-8-11-19)26(21(27)9-4-2)17-18-12-14-20(24)15-13-18/h6-8,10-15,22H,3-5,9,16-17H2,1-2H3,(H,25,28)/t22-/m1/s1. The number of benzene rings is 2. The second-order valence-electron chi connectivity index (χ2n) is 6.86. The normalized spacial score (nSPS) is 11.7. The summed E-state index contributed by atoms with van der Waals surface area (Å²) in [5.41, 5.74) is 1.55. The first-order valence-corrected chi connectivity index (χ1v) is 9.93. The van der Waals surface area contributed by atoms with E-state index in [9.17, 15) is 14.0 Å². The first kappa shape index (κ1) is 21.6. The average Bonchev–Trinajstić information content (AvgIpc) is 2.70. The van der Waals surface area contributed by atoms with Crippen molar-refractivity contribution in [2.45, 2.75) is 52.1 Å². The van der Waals surface area contributed by atoms with Crippen LogP contribution in [0.3, 0.4) is 0 Å². The molecule has 0 spiro atoms. The Morgan fingerprint density at radius 3 is 2.29 bits per heavy atom. The highest BCUT2D eigenvalue weighted by molar-refractivity contribution is 5.88. The van der Waals surface area contributed by atoms with E-state index in [-0.39, 0.29) is 24.2 Å². The predicted octanol–water partition coefficient (Wildman–Crippen LogP) is 4.61. The molecule has 2 rings (SSSR count). The van der Waals surface area contributed by atoms with Gasteiger partial charge in [-0.25, -0.2) is 4.39 Å². The molecule has 2 aromatic rings. The molecule has 0 radical (unpaired) electrons. The van der Waals surface area contributed by atoms with Gasteiger partial charge in [0.2, 0.25) is 11.8 Å². The van der Waals surface area contributed by atoms with Gasteiger partial charge in [0.25, 0.3) is 0 Å². The van der Waals surface area contributed by atoms with Gasteiger partial charge in [-0.05, 0) is 36.1 Å². The summed E-state index contributed by atoms with van der Waals surface area (Å²) < 4.78 is 13.3. The Balaban J connectivity index is 2.36. The minimum absolute atomic E-state index is 0.0914. The molecule has 2 aromatic carbocycles. The maximum atomic E-state index is 13.3. The smallest absolute Gasteiger partial charge is 0.247 e. The predicted molar refractivity (Wildman–Crippen MR) is 109 cm³/mol. The van der Waals surface area contributed by atoms with Gasteiger partial charge in [0.1, 0.15) is 11.9 Å². The molecular weight excluding hydrogens is 355 g/mol. The van der Waals surface area contributed by atoms with E-state index in [1.807, 2.05) is 37.3 Å². The van der Waals surface area contributed by atoms with Crippen molar-refractivity contribution >= 4 is 11.8 Å². The second-order valence-corrected chi connectivity index (χ2v) is 6.86. The van der Waals surface area contributed by atoms with Gasteiger partial charge >= 0.3 is 0 Å². The molecule has 0 aromatic heterocycles. The number of halogens is 1. The van der Waals surface area contributed by atoms with Gasteiger partial charge in [0.15, 0.2) is 0 Å². The summed E-state index contributed by atoms with van der Waals surface area (Å²) in [7, 11) is 0. The lowest BCUT2D eigenvalue weighted by Crippen LogP contribution is -2.43. The second kappa shape index (κ2) is 11.2. The Kier molecular flexibility index (Phi) is 8.66. The van der Waals surface area contributed by atoms with Gasteiger partial charge < -0.3 is 10.2 Å². The molecule has 0 heterocycles. The SMILES string of the molecule is CCCCNC(=O)[C@@H](c1ccccc1)N(Cc1ccc(F)cc1)C(=O)CCC. The summed E-state index contributed by atoms with van der Waals surface area (Å²) in [6.45, 7) is 4.82. The third-order valence-corrected chi connectivity index (χ3v) is 4.56. The highest BCUT2D eigenvalue weighted by Crippen LogP contribution is 2.25. The highest BCUT2D eigenvalue weighted by Gasteiger charge is 2.30. The van der Waals surface area contributed by atoms with Crippen molar-refractivity contribution in [1.29, 1.82) is 0 Å². The van der Waals surface area contributed by atoms with Crippen LogP contribution in [0.25, 0.3) is 0 Å². The Bertz CT molecular complexity index is 747. The summed E-state index contributed by atoms with van der Waals surface area (Å²) in [4.78, 5) is 27.6. The molecule has 0 fully saturated rings. The molecule has 0 saturated heterocycles. The van der Waals surface area contributed by atoms with Crippen LogP contribution in [0, 0.1) is 5.82 Å². The van der Waals surface area contributed by atoms with Crippen molar-refractivity contribution in [3.8, 4) is 0 Å². The zero-order valence-electron chi connectivity index (χ0n) is 16.7. The highest BCUT2D eigenvalue weighted by atomic mass is 19.1. The molecular formula is C23H29FN2O2. The topological polar surface area (TPSA) is 49.4 Å². The number of hydrogen-bond donors (Lipinski definition) is 1. The molecule has 0 aliphatic carbocycles. The number of carbonyl (C=O) groups is 2. The molecule has 1 atom stereocenters. The van der Waals surface area contributed by atoms with Crippen molar-refractivity contribution in [3.63, 3.8) is 0 Å². The monoisotopic (exact) mass is 384 g/mol. The molecule has 0 saturated carbocycles. The Labute approximate surface area is 166 Å². The molecule has 28 heavy (non-hydrogen) atoms. The van der Waals surface area contributed by atoms with Crippen LogP contribution in [0.1, 0.15) is 56.7 Å². The van der Waals surface area contributed by atoms with Gasteiger partial charge in [-0.3, -0.25) is 9.59 Å². The van der Waals surface area contributed by atoms with E-state index in [1.54, 1.807) is 17.0 Å². The minimum Gasteiger partial charge on any atom is -0.354 e. The molecule has 5 heteroatoms. The van der Waals surface area contributed by atoms with Crippen molar-refractivity contribution < 1.29 is 14.0 Å². The van der Waals surface area contributed by atoms with Gasteiger partial charge in [-0.15, -0.1) is 0 Å². The van der Waals surface area contributed by atoms with Crippen LogP contribution >= 0.6 is 0 Å². The van der Waals surface area contributed by atoms with Crippen LogP contribution < -0.4 is 5.32 Å². The van der Waals surface area contributed by atoms with Crippen molar-refractivity contribution in [2.24, 2.45) is 0 Å². The molecule has 0 unspecified atom stereocenters. The number of carbonyl (C=O) groups excluding carboxylic acids is 2. The molecule has 1 N–H and O–H groups in total. The molecule has 4 nitrogen and oxygen atoms in total. The fraction of sp³-hybridized carbons (Fsp3) is 0.391. The largest absolute Gasteiger partial charge is 0.354 e. The molecule has 0 aliphatic heterocycles. The van der Waals surface area contributed by atoms with E-state index in [4.69, 9.17) is 0 Å². The number of amides is 2. The average molecular weight is 384 g/mol. The Hall–Kier alpha value is -2.69. The van der Waals surface area contributed by atoms with E-state index in [0.717, 1.165) is 24.0 Å². The van der Waals surface area contributed by atoms with Gasteiger partial charge in [-0.1, -0.05) is 62.7 Å². The molecule has 0 aliphatic rings.